The maximum atomic E-state index is 12.5. The molecule has 1 unspecified atom stereocenters. The molecule has 1 atom stereocenters. The van der Waals surface area contributed by atoms with Crippen molar-refractivity contribution >= 4 is 6.03 Å². The largest absolute Gasteiger partial charge is 0.497 e. The standard InChI is InChI=1S/C21H27N3O4/c1-27-17-7-6-16(19(13-17)28-2)14-23-21(26)24-11-8-15(9-12-24)20(25)18-5-3-4-10-22-18/h3-7,10,13,15,20,25H,8-9,11-12,14H2,1-2H3,(H,23,26). The van der Waals surface area contributed by atoms with Gasteiger partial charge in [0.15, 0.2) is 0 Å². The second-order valence-corrected chi connectivity index (χ2v) is 6.86. The Bertz CT molecular complexity index is 776. The number of likely N-dealkylation sites (tertiary alicyclic amines) is 1. The van der Waals surface area contributed by atoms with Crippen LogP contribution in [0.3, 0.4) is 0 Å². The lowest BCUT2D eigenvalue weighted by molar-refractivity contribution is 0.0635. The minimum Gasteiger partial charge on any atom is -0.497 e. The van der Waals surface area contributed by atoms with Crippen molar-refractivity contribution in [2.45, 2.75) is 25.5 Å². The quantitative estimate of drug-likeness (QED) is 0.799. The topological polar surface area (TPSA) is 83.9 Å². The summed E-state index contributed by atoms with van der Waals surface area (Å²) in [6, 6.07) is 11.0. The third-order valence-electron chi connectivity index (χ3n) is 5.19. The van der Waals surface area contributed by atoms with Crippen molar-refractivity contribution in [2.24, 2.45) is 5.92 Å². The summed E-state index contributed by atoms with van der Waals surface area (Å²) in [7, 11) is 3.20. The van der Waals surface area contributed by atoms with Crippen molar-refractivity contribution in [3.63, 3.8) is 0 Å². The Morgan fingerprint density at radius 3 is 2.68 bits per heavy atom. The van der Waals surface area contributed by atoms with Crippen molar-refractivity contribution in [2.75, 3.05) is 27.3 Å². The van der Waals surface area contributed by atoms with Crippen LogP contribution in [0.2, 0.25) is 0 Å². The fourth-order valence-corrected chi connectivity index (χ4v) is 3.49. The van der Waals surface area contributed by atoms with E-state index in [1.54, 1.807) is 31.4 Å². The number of carbonyl (C=O) groups is 1. The summed E-state index contributed by atoms with van der Waals surface area (Å²) < 4.78 is 10.6. The molecular weight excluding hydrogens is 358 g/mol. The van der Waals surface area contributed by atoms with Gasteiger partial charge in [0, 0.05) is 37.5 Å². The van der Waals surface area contributed by atoms with E-state index in [-0.39, 0.29) is 11.9 Å². The Morgan fingerprint density at radius 2 is 2.04 bits per heavy atom. The van der Waals surface area contributed by atoms with Gasteiger partial charge in [-0.15, -0.1) is 0 Å². The fraction of sp³-hybridized carbons (Fsp3) is 0.429. The Balaban J connectivity index is 1.50. The number of rotatable bonds is 6. The molecule has 0 aliphatic carbocycles. The third-order valence-corrected chi connectivity index (χ3v) is 5.19. The van der Waals surface area contributed by atoms with E-state index >= 15 is 0 Å². The zero-order valence-electron chi connectivity index (χ0n) is 16.3. The predicted octanol–water partition coefficient (Wildman–Crippen LogP) is 2.75. The van der Waals surface area contributed by atoms with Gasteiger partial charge in [-0.05, 0) is 43.0 Å². The van der Waals surface area contributed by atoms with Gasteiger partial charge in [-0.3, -0.25) is 4.98 Å². The van der Waals surface area contributed by atoms with E-state index in [1.807, 2.05) is 30.3 Å². The first kappa shape index (κ1) is 19.9. The van der Waals surface area contributed by atoms with Crippen molar-refractivity contribution < 1.29 is 19.4 Å². The summed E-state index contributed by atoms with van der Waals surface area (Å²) in [6.07, 6.45) is 2.60. The highest BCUT2D eigenvalue weighted by atomic mass is 16.5. The lowest BCUT2D eigenvalue weighted by Crippen LogP contribution is -2.45. The number of hydrogen-bond acceptors (Lipinski definition) is 5. The summed E-state index contributed by atoms with van der Waals surface area (Å²) in [4.78, 5) is 18.5. The van der Waals surface area contributed by atoms with Gasteiger partial charge in [0.05, 0.1) is 26.0 Å². The number of carbonyl (C=O) groups excluding carboxylic acids is 1. The van der Waals surface area contributed by atoms with Crippen LogP contribution in [-0.4, -0.2) is 48.3 Å². The Morgan fingerprint density at radius 1 is 1.25 bits per heavy atom. The van der Waals surface area contributed by atoms with E-state index in [1.165, 1.54) is 0 Å². The van der Waals surface area contributed by atoms with Gasteiger partial charge >= 0.3 is 6.03 Å². The lowest BCUT2D eigenvalue weighted by Gasteiger charge is -2.34. The average molecular weight is 385 g/mol. The van der Waals surface area contributed by atoms with Crippen LogP contribution in [0.15, 0.2) is 42.6 Å². The maximum absolute atomic E-state index is 12.5. The Hall–Kier alpha value is -2.80. The molecule has 7 heteroatoms. The molecule has 1 fully saturated rings. The molecule has 2 aromatic rings. The molecule has 0 spiro atoms. The molecule has 1 aliphatic heterocycles. The van der Waals surface area contributed by atoms with Crippen LogP contribution in [0.1, 0.15) is 30.2 Å². The van der Waals surface area contributed by atoms with Crippen LogP contribution >= 0.6 is 0 Å². The van der Waals surface area contributed by atoms with Crippen molar-refractivity contribution in [3.05, 3.63) is 53.9 Å². The van der Waals surface area contributed by atoms with Gasteiger partial charge in [-0.25, -0.2) is 4.79 Å². The zero-order valence-corrected chi connectivity index (χ0v) is 16.3. The summed E-state index contributed by atoms with van der Waals surface area (Å²) in [5.41, 5.74) is 1.58. The number of nitrogens with zero attached hydrogens (tertiary/aromatic N) is 2. The first-order valence-electron chi connectivity index (χ1n) is 9.45. The molecular formula is C21H27N3O4. The van der Waals surface area contributed by atoms with Crippen LogP contribution in [0.25, 0.3) is 0 Å². The van der Waals surface area contributed by atoms with Crippen molar-refractivity contribution in [1.29, 1.82) is 0 Å². The van der Waals surface area contributed by atoms with Gasteiger partial charge in [-0.2, -0.15) is 0 Å². The molecule has 2 heterocycles. The molecule has 28 heavy (non-hydrogen) atoms. The smallest absolute Gasteiger partial charge is 0.317 e. The highest BCUT2D eigenvalue weighted by Gasteiger charge is 2.28. The molecule has 1 aromatic heterocycles. The van der Waals surface area contributed by atoms with E-state index in [0.29, 0.717) is 36.8 Å². The number of methoxy groups -OCH3 is 2. The van der Waals surface area contributed by atoms with Gasteiger partial charge in [-0.1, -0.05) is 6.07 Å². The Labute approximate surface area is 165 Å². The highest BCUT2D eigenvalue weighted by Crippen LogP contribution is 2.30. The van der Waals surface area contributed by atoms with Gasteiger partial charge in [0.1, 0.15) is 11.5 Å². The van der Waals surface area contributed by atoms with E-state index in [9.17, 15) is 9.90 Å². The van der Waals surface area contributed by atoms with E-state index < -0.39 is 6.10 Å². The maximum Gasteiger partial charge on any atom is 0.317 e. The SMILES string of the molecule is COc1ccc(CNC(=O)N2CCC(C(O)c3ccccn3)CC2)c(OC)c1. The number of nitrogens with one attached hydrogen (secondary N) is 1. The molecule has 3 rings (SSSR count). The predicted molar refractivity (Wildman–Crippen MR) is 105 cm³/mol. The van der Waals surface area contributed by atoms with Crippen LogP contribution in [0.5, 0.6) is 11.5 Å². The number of aliphatic hydroxyl groups excluding tert-OH is 1. The number of pyridine rings is 1. The van der Waals surface area contributed by atoms with E-state index in [0.717, 1.165) is 18.4 Å². The van der Waals surface area contributed by atoms with Crippen LogP contribution < -0.4 is 14.8 Å². The number of aromatic nitrogens is 1. The molecule has 0 bridgehead atoms. The number of benzene rings is 1. The van der Waals surface area contributed by atoms with E-state index in [4.69, 9.17) is 9.47 Å². The van der Waals surface area contributed by atoms with Crippen LogP contribution in [0, 0.1) is 5.92 Å². The van der Waals surface area contributed by atoms with Gasteiger partial charge < -0.3 is 24.8 Å². The average Bonchev–Trinajstić information content (AvgIpc) is 2.77. The van der Waals surface area contributed by atoms with Crippen molar-refractivity contribution in [3.8, 4) is 11.5 Å². The second kappa shape index (κ2) is 9.41. The molecule has 7 nitrogen and oxygen atoms in total. The van der Waals surface area contributed by atoms with E-state index in [2.05, 4.69) is 10.3 Å². The summed E-state index contributed by atoms with van der Waals surface area (Å²) in [6.45, 7) is 1.60. The molecule has 0 saturated carbocycles. The first-order valence-corrected chi connectivity index (χ1v) is 9.45. The van der Waals surface area contributed by atoms with Gasteiger partial charge in [0.2, 0.25) is 0 Å². The van der Waals surface area contributed by atoms with Crippen LogP contribution in [0.4, 0.5) is 4.79 Å². The minimum atomic E-state index is -0.588. The summed E-state index contributed by atoms with van der Waals surface area (Å²) >= 11 is 0. The fourth-order valence-electron chi connectivity index (χ4n) is 3.49. The summed E-state index contributed by atoms with van der Waals surface area (Å²) in [5.74, 6) is 1.50. The molecule has 2 amide bonds. The number of amides is 2. The normalized spacial score (nSPS) is 15.8. The molecule has 1 saturated heterocycles. The third kappa shape index (κ3) is 4.72. The molecule has 1 aromatic carbocycles. The molecule has 150 valence electrons. The zero-order chi connectivity index (χ0) is 19.9. The van der Waals surface area contributed by atoms with Crippen molar-refractivity contribution in [1.82, 2.24) is 15.2 Å². The van der Waals surface area contributed by atoms with Gasteiger partial charge in [0.25, 0.3) is 0 Å². The molecule has 2 N–H and O–H groups in total. The first-order chi connectivity index (χ1) is 13.6. The number of aliphatic hydroxyl groups is 1. The highest BCUT2D eigenvalue weighted by molar-refractivity contribution is 5.74. The molecule has 0 radical (unpaired) electrons. The monoisotopic (exact) mass is 385 g/mol. The minimum absolute atomic E-state index is 0.108. The number of piperidine rings is 1. The Kier molecular flexibility index (Phi) is 6.71. The van der Waals surface area contributed by atoms with Crippen LogP contribution in [-0.2, 0) is 6.54 Å². The lowest BCUT2D eigenvalue weighted by atomic mass is 9.89. The molecule has 1 aliphatic rings. The summed E-state index contributed by atoms with van der Waals surface area (Å²) in [5, 5.41) is 13.5. The number of ether oxygens (including phenoxy) is 2. The second-order valence-electron chi connectivity index (χ2n) is 6.86. The number of urea groups is 1. The number of hydrogen-bond donors (Lipinski definition) is 2.